The Hall–Kier alpha value is -1.25. The third kappa shape index (κ3) is 3.81. The largest absolute Gasteiger partial charge is 0.435 e. The first kappa shape index (κ1) is 16.6. The Labute approximate surface area is 134 Å². The summed E-state index contributed by atoms with van der Waals surface area (Å²) in [6.45, 7) is -1.10. The summed E-state index contributed by atoms with van der Waals surface area (Å²) in [6, 6.07) is 6.17. The highest BCUT2D eigenvalue weighted by molar-refractivity contribution is 7.89. The predicted molar refractivity (Wildman–Crippen MR) is 79.8 cm³/mol. The van der Waals surface area contributed by atoms with E-state index in [2.05, 4.69) is 4.74 Å². The number of sulfonamides is 1. The van der Waals surface area contributed by atoms with Crippen molar-refractivity contribution in [2.24, 2.45) is 5.41 Å². The third-order valence-corrected chi connectivity index (χ3v) is 6.45. The van der Waals surface area contributed by atoms with Crippen LogP contribution in [-0.2, 0) is 21.3 Å². The van der Waals surface area contributed by atoms with E-state index in [4.69, 9.17) is 4.74 Å². The van der Waals surface area contributed by atoms with E-state index in [9.17, 15) is 17.2 Å². The third-order valence-electron chi connectivity index (χ3n) is 4.43. The lowest BCUT2D eigenvalue weighted by molar-refractivity contribution is -0.0498. The van der Waals surface area contributed by atoms with Crippen LogP contribution < -0.4 is 4.74 Å². The number of nitrogens with zero attached hydrogens (tertiary/aromatic N) is 1. The average molecular weight is 347 g/mol. The van der Waals surface area contributed by atoms with Crippen molar-refractivity contribution >= 4 is 10.0 Å². The topological polar surface area (TPSA) is 55.8 Å². The molecule has 1 aromatic rings. The summed E-state index contributed by atoms with van der Waals surface area (Å²) >= 11 is 0. The average Bonchev–Trinajstić information content (AvgIpc) is 2.69. The lowest BCUT2D eigenvalue weighted by Gasteiger charge is -2.31. The standard InChI is InChI=1S/C15H19F2NO4S/c16-14(17)22-13-3-1-2-12(8-13)9-18-10-15(11-23(18,19)20)4-6-21-7-5-15/h1-3,8,14H,4-7,9-11H2. The maximum absolute atomic E-state index is 12.4. The van der Waals surface area contributed by atoms with E-state index in [0.29, 0.717) is 25.3 Å². The number of hydrogen-bond donors (Lipinski definition) is 0. The Bertz CT molecular complexity index is 659. The summed E-state index contributed by atoms with van der Waals surface area (Å²) in [5.74, 6) is 0.172. The molecule has 8 heteroatoms. The van der Waals surface area contributed by atoms with E-state index < -0.39 is 16.6 Å². The molecule has 1 spiro atoms. The second kappa shape index (κ2) is 6.33. The van der Waals surface area contributed by atoms with E-state index in [1.807, 2.05) is 0 Å². The molecule has 5 nitrogen and oxygen atoms in total. The van der Waals surface area contributed by atoms with Crippen LogP contribution in [0.2, 0.25) is 0 Å². The molecule has 0 aromatic heterocycles. The Kier molecular flexibility index (Phi) is 4.57. The minimum Gasteiger partial charge on any atom is -0.435 e. The van der Waals surface area contributed by atoms with E-state index >= 15 is 0 Å². The first-order valence-corrected chi connectivity index (χ1v) is 9.09. The van der Waals surface area contributed by atoms with Crippen molar-refractivity contribution in [2.75, 3.05) is 25.5 Å². The first-order valence-electron chi connectivity index (χ1n) is 7.48. The van der Waals surface area contributed by atoms with Crippen molar-refractivity contribution in [1.29, 1.82) is 0 Å². The lowest BCUT2D eigenvalue weighted by Crippen LogP contribution is -2.34. The molecule has 1 aromatic carbocycles. The molecular formula is C15H19F2NO4S. The molecule has 0 saturated carbocycles. The van der Waals surface area contributed by atoms with E-state index in [0.717, 1.165) is 12.8 Å². The van der Waals surface area contributed by atoms with Crippen LogP contribution in [0, 0.1) is 5.41 Å². The highest BCUT2D eigenvalue weighted by atomic mass is 32.2. The zero-order valence-corrected chi connectivity index (χ0v) is 13.4. The summed E-state index contributed by atoms with van der Waals surface area (Å²) in [5.41, 5.74) is 0.393. The van der Waals surface area contributed by atoms with E-state index in [-0.39, 0.29) is 23.5 Å². The van der Waals surface area contributed by atoms with Crippen LogP contribution >= 0.6 is 0 Å². The number of halogens is 2. The minimum absolute atomic E-state index is 0.0369. The molecule has 2 fully saturated rings. The second-order valence-electron chi connectivity index (χ2n) is 6.16. The van der Waals surface area contributed by atoms with Crippen molar-refractivity contribution in [3.63, 3.8) is 0 Å². The summed E-state index contributed by atoms with van der Waals surface area (Å²) < 4.78 is 60.6. The highest BCUT2D eigenvalue weighted by Gasteiger charge is 2.47. The van der Waals surface area contributed by atoms with Crippen molar-refractivity contribution in [3.05, 3.63) is 29.8 Å². The van der Waals surface area contributed by atoms with Gasteiger partial charge in [0.15, 0.2) is 0 Å². The summed E-state index contributed by atoms with van der Waals surface area (Å²) in [4.78, 5) is 0. The van der Waals surface area contributed by atoms with Gasteiger partial charge in [0.05, 0.1) is 5.75 Å². The van der Waals surface area contributed by atoms with Crippen LogP contribution in [0.5, 0.6) is 5.75 Å². The molecule has 2 heterocycles. The number of benzene rings is 1. The molecule has 0 amide bonds. The molecule has 0 unspecified atom stereocenters. The van der Waals surface area contributed by atoms with E-state index in [1.54, 1.807) is 12.1 Å². The van der Waals surface area contributed by atoms with Gasteiger partial charge in [0.2, 0.25) is 10.0 Å². The SMILES string of the molecule is O=S1(=O)CC2(CCOCC2)CN1Cc1cccc(OC(F)F)c1. The Morgan fingerprint density at radius 2 is 2.04 bits per heavy atom. The van der Waals surface area contributed by atoms with Crippen molar-refractivity contribution < 1.29 is 26.7 Å². The summed E-state index contributed by atoms with van der Waals surface area (Å²) in [7, 11) is -3.34. The molecule has 128 valence electrons. The van der Waals surface area contributed by atoms with Gasteiger partial charge in [-0.05, 0) is 30.5 Å². The molecule has 0 radical (unpaired) electrons. The van der Waals surface area contributed by atoms with Gasteiger partial charge in [-0.15, -0.1) is 0 Å². The molecule has 2 aliphatic rings. The molecule has 0 atom stereocenters. The Balaban J connectivity index is 1.74. The fraction of sp³-hybridized carbons (Fsp3) is 0.600. The van der Waals surface area contributed by atoms with Gasteiger partial charge in [0.1, 0.15) is 5.75 Å². The maximum atomic E-state index is 12.4. The molecule has 2 aliphatic heterocycles. The molecule has 3 rings (SSSR count). The smallest absolute Gasteiger partial charge is 0.387 e. The number of alkyl halides is 2. The number of ether oxygens (including phenoxy) is 2. The predicted octanol–water partition coefficient (Wildman–Crippen LogP) is 2.23. The van der Waals surface area contributed by atoms with Crippen LogP contribution in [0.25, 0.3) is 0 Å². The van der Waals surface area contributed by atoms with Gasteiger partial charge >= 0.3 is 6.61 Å². The van der Waals surface area contributed by atoms with Crippen LogP contribution in [0.3, 0.4) is 0 Å². The van der Waals surface area contributed by atoms with Crippen molar-refractivity contribution in [1.82, 2.24) is 4.31 Å². The monoisotopic (exact) mass is 347 g/mol. The quantitative estimate of drug-likeness (QED) is 0.838. The fourth-order valence-electron chi connectivity index (χ4n) is 3.28. The van der Waals surface area contributed by atoms with Gasteiger partial charge in [-0.2, -0.15) is 13.1 Å². The Morgan fingerprint density at radius 3 is 2.74 bits per heavy atom. The summed E-state index contributed by atoms with van der Waals surface area (Å²) in [5, 5.41) is 0. The molecule has 2 saturated heterocycles. The van der Waals surface area contributed by atoms with Gasteiger partial charge < -0.3 is 9.47 Å². The second-order valence-corrected chi connectivity index (χ2v) is 8.13. The fourth-order valence-corrected chi connectivity index (χ4v) is 5.43. The highest BCUT2D eigenvalue weighted by Crippen LogP contribution is 2.40. The summed E-state index contributed by atoms with van der Waals surface area (Å²) in [6.07, 6.45) is 1.47. The van der Waals surface area contributed by atoms with Crippen LogP contribution in [0.1, 0.15) is 18.4 Å². The van der Waals surface area contributed by atoms with Crippen LogP contribution in [0.15, 0.2) is 24.3 Å². The van der Waals surface area contributed by atoms with Gasteiger partial charge in [-0.25, -0.2) is 8.42 Å². The van der Waals surface area contributed by atoms with E-state index in [1.165, 1.54) is 16.4 Å². The number of hydrogen-bond acceptors (Lipinski definition) is 4. The van der Waals surface area contributed by atoms with Gasteiger partial charge in [-0.3, -0.25) is 0 Å². The minimum atomic E-state index is -3.34. The van der Waals surface area contributed by atoms with Gasteiger partial charge in [0, 0.05) is 31.7 Å². The van der Waals surface area contributed by atoms with Crippen LogP contribution in [0.4, 0.5) is 8.78 Å². The zero-order valence-electron chi connectivity index (χ0n) is 12.6. The van der Waals surface area contributed by atoms with Crippen molar-refractivity contribution in [2.45, 2.75) is 26.0 Å². The number of rotatable bonds is 4. The van der Waals surface area contributed by atoms with Crippen LogP contribution in [-0.4, -0.2) is 44.8 Å². The lowest BCUT2D eigenvalue weighted by atomic mass is 9.82. The van der Waals surface area contributed by atoms with Crippen molar-refractivity contribution in [3.8, 4) is 5.75 Å². The molecule has 0 aliphatic carbocycles. The maximum Gasteiger partial charge on any atom is 0.387 e. The van der Waals surface area contributed by atoms with Gasteiger partial charge in [-0.1, -0.05) is 12.1 Å². The molecule has 0 N–H and O–H groups in total. The zero-order chi connectivity index (χ0) is 16.5. The van der Waals surface area contributed by atoms with Gasteiger partial charge in [0.25, 0.3) is 0 Å². The molecule has 23 heavy (non-hydrogen) atoms. The molecular weight excluding hydrogens is 328 g/mol. The first-order chi connectivity index (χ1) is 10.9. The molecule has 0 bridgehead atoms. The normalized spacial score (nSPS) is 23.4. The Morgan fingerprint density at radius 1 is 1.30 bits per heavy atom.